The molecule has 0 atom stereocenters. The zero-order chi connectivity index (χ0) is 20.4. The number of ether oxygens (including phenoxy) is 3. The maximum Gasteiger partial charge on any atom is 0.257 e. The zero-order valence-corrected chi connectivity index (χ0v) is 17.2. The minimum absolute atomic E-state index is 0.0281. The number of benzene rings is 2. The van der Waals surface area contributed by atoms with Crippen molar-refractivity contribution in [1.29, 1.82) is 0 Å². The number of hydrogen-bond acceptors (Lipinski definition) is 5. The van der Waals surface area contributed by atoms with Crippen LogP contribution < -0.4 is 20.1 Å². The number of nitrogens with one attached hydrogen (secondary N) is 2. The van der Waals surface area contributed by atoms with E-state index in [9.17, 15) is 4.79 Å². The standard InChI is InChI=1S/C21H26N2O4S/c1-4-25-13-14-26-17-11-9-16(10-12-17)20(24)23-21(28)22-18-7-5-6-8-19(18)27-15(2)3/h5-12,15H,4,13-14H2,1-3H3,(H2,22,23,24,28). The lowest BCUT2D eigenvalue weighted by atomic mass is 10.2. The van der Waals surface area contributed by atoms with E-state index < -0.39 is 0 Å². The summed E-state index contributed by atoms with van der Waals surface area (Å²) in [5, 5.41) is 5.87. The molecule has 0 fully saturated rings. The predicted molar refractivity (Wildman–Crippen MR) is 114 cm³/mol. The maximum absolute atomic E-state index is 12.4. The van der Waals surface area contributed by atoms with Crippen molar-refractivity contribution in [3.63, 3.8) is 0 Å². The summed E-state index contributed by atoms with van der Waals surface area (Å²) in [6.07, 6.45) is 0.0281. The van der Waals surface area contributed by atoms with Gasteiger partial charge in [0.15, 0.2) is 5.11 Å². The number of rotatable bonds is 9. The first-order valence-electron chi connectivity index (χ1n) is 9.18. The Kier molecular flexibility index (Phi) is 8.71. The molecule has 0 aliphatic heterocycles. The second-order valence-corrected chi connectivity index (χ2v) is 6.55. The predicted octanol–water partition coefficient (Wildman–Crippen LogP) is 4.02. The number of hydrogen-bond donors (Lipinski definition) is 2. The molecular formula is C21H26N2O4S. The molecule has 0 radical (unpaired) electrons. The molecule has 0 aliphatic carbocycles. The number of anilines is 1. The minimum Gasteiger partial charge on any atom is -0.491 e. The van der Waals surface area contributed by atoms with E-state index in [1.807, 2.05) is 45.0 Å². The molecule has 0 aromatic heterocycles. The Bertz CT molecular complexity index is 778. The van der Waals surface area contributed by atoms with Crippen LogP contribution in [0.2, 0.25) is 0 Å². The highest BCUT2D eigenvalue weighted by Crippen LogP contribution is 2.24. The van der Waals surface area contributed by atoms with Gasteiger partial charge < -0.3 is 19.5 Å². The van der Waals surface area contributed by atoms with Gasteiger partial charge >= 0.3 is 0 Å². The molecule has 0 bridgehead atoms. The van der Waals surface area contributed by atoms with E-state index in [4.69, 9.17) is 26.4 Å². The average Bonchev–Trinajstić information content (AvgIpc) is 2.67. The zero-order valence-electron chi connectivity index (χ0n) is 16.4. The molecule has 1 amide bonds. The van der Waals surface area contributed by atoms with E-state index in [1.54, 1.807) is 24.3 Å². The third kappa shape index (κ3) is 7.17. The van der Waals surface area contributed by atoms with Gasteiger partial charge in [-0.3, -0.25) is 10.1 Å². The molecule has 0 saturated carbocycles. The Balaban J connectivity index is 1.89. The van der Waals surface area contributed by atoms with Crippen LogP contribution in [0.25, 0.3) is 0 Å². The molecule has 150 valence electrons. The summed E-state index contributed by atoms with van der Waals surface area (Å²) < 4.78 is 16.5. The molecule has 2 aromatic rings. The maximum atomic E-state index is 12.4. The molecule has 6 nitrogen and oxygen atoms in total. The topological polar surface area (TPSA) is 68.8 Å². The SMILES string of the molecule is CCOCCOc1ccc(C(=O)NC(=S)Nc2ccccc2OC(C)C)cc1. The van der Waals surface area contributed by atoms with Crippen LogP contribution in [-0.2, 0) is 4.74 Å². The van der Waals surface area contributed by atoms with Gasteiger partial charge in [-0.25, -0.2) is 0 Å². The van der Waals surface area contributed by atoms with Gasteiger partial charge in [-0.15, -0.1) is 0 Å². The lowest BCUT2D eigenvalue weighted by Crippen LogP contribution is -2.34. The third-order valence-electron chi connectivity index (χ3n) is 3.54. The molecule has 0 heterocycles. The summed E-state index contributed by atoms with van der Waals surface area (Å²) in [6, 6.07) is 14.3. The van der Waals surface area contributed by atoms with E-state index in [0.29, 0.717) is 42.6 Å². The Morgan fingerprint density at radius 1 is 1.07 bits per heavy atom. The van der Waals surface area contributed by atoms with E-state index in [-0.39, 0.29) is 17.1 Å². The molecule has 0 spiro atoms. The van der Waals surface area contributed by atoms with Gasteiger partial charge in [0.2, 0.25) is 0 Å². The molecule has 7 heteroatoms. The number of carbonyl (C=O) groups is 1. The fourth-order valence-electron chi connectivity index (χ4n) is 2.32. The normalized spacial score (nSPS) is 10.4. The Labute approximate surface area is 171 Å². The van der Waals surface area contributed by atoms with Crippen molar-refractivity contribution in [1.82, 2.24) is 5.32 Å². The number of carbonyl (C=O) groups excluding carboxylic acids is 1. The quantitative estimate of drug-likeness (QED) is 0.488. The van der Waals surface area contributed by atoms with Crippen LogP contribution in [0.5, 0.6) is 11.5 Å². The van der Waals surface area contributed by atoms with Crippen LogP contribution in [0.15, 0.2) is 48.5 Å². The highest BCUT2D eigenvalue weighted by Gasteiger charge is 2.11. The fraction of sp³-hybridized carbons (Fsp3) is 0.333. The van der Waals surface area contributed by atoms with Crippen molar-refractivity contribution >= 4 is 28.9 Å². The average molecular weight is 403 g/mol. The third-order valence-corrected chi connectivity index (χ3v) is 3.75. The number of para-hydroxylation sites is 2. The van der Waals surface area contributed by atoms with Gasteiger partial charge in [0.1, 0.15) is 18.1 Å². The molecule has 0 saturated heterocycles. The Morgan fingerprint density at radius 2 is 1.79 bits per heavy atom. The monoisotopic (exact) mass is 402 g/mol. The van der Waals surface area contributed by atoms with Crippen molar-refractivity contribution in [3.05, 3.63) is 54.1 Å². The van der Waals surface area contributed by atoms with Crippen LogP contribution >= 0.6 is 12.2 Å². The first-order valence-corrected chi connectivity index (χ1v) is 9.59. The Hall–Kier alpha value is -2.64. The lowest BCUT2D eigenvalue weighted by molar-refractivity contribution is 0.0977. The van der Waals surface area contributed by atoms with Gasteiger partial charge in [0.25, 0.3) is 5.91 Å². The minimum atomic E-state index is -0.305. The van der Waals surface area contributed by atoms with E-state index in [2.05, 4.69) is 10.6 Å². The highest BCUT2D eigenvalue weighted by atomic mass is 32.1. The molecular weight excluding hydrogens is 376 g/mol. The van der Waals surface area contributed by atoms with Crippen LogP contribution in [0.1, 0.15) is 31.1 Å². The second kappa shape index (κ2) is 11.3. The molecule has 2 aromatic carbocycles. The van der Waals surface area contributed by atoms with Gasteiger partial charge in [-0.2, -0.15) is 0 Å². The Morgan fingerprint density at radius 3 is 2.46 bits per heavy atom. The number of thiocarbonyl (C=S) groups is 1. The highest BCUT2D eigenvalue weighted by molar-refractivity contribution is 7.80. The van der Waals surface area contributed by atoms with Crippen molar-refractivity contribution in [2.45, 2.75) is 26.9 Å². The molecule has 2 rings (SSSR count). The summed E-state index contributed by atoms with van der Waals surface area (Å²) in [6.45, 7) is 7.47. The summed E-state index contributed by atoms with van der Waals surface area (Å²) in [7, 11) is 0. The largest absolute Gasteiger partial charge is 0.491 e. The van der Waals surface area contributed by atoms with Gasteiger partial charge in [0, 0.05) is 12.2 Å². The van der Waals surface area contributed by atoms with Crippen molar-refractivity contribution in [3.8, 4) is 11.5 Å². The molecule has 28 heavy (non-hydrogen) atoms. The van der Waals surface area contributed by atoms with E-state index >= 15 is 0 Å². The summed E-state index contributed by atoms with van der Waals surface area (Å²) >= 11 is 5.26. The van der Waals surface area contributed by atoms with Gasteiger partial charge in [0.05, 0.1) is 18.4 Å². The van der Waals surface area contributed by atoms with Crippen LogP contribution in [0, 0.1) is 0 Å². The fourth-order valence-corrected chi connectivity index (χ4v) is 2.52. The van der Waals surface area contributed by atoms with E-state index in [1.165, 1.54) is 0 Å². The van der Waals surface area contributed by atoms with Crippen LogP contribution in [-0.4, -0.2) is 36.9 Å². The molecule has 0 unspecified atom stereocenters. The second-order valence-electron chi connectivity index (χ2n) is 6.14. The number of amides is 1. The van der Waals surface area contributed by atoms with E-state index in [0.717, 1.165) is 0 Å². The van der Waals surface area contributed by atoms with Gasteiger partial charge in [-0.1, -0.05) is 12.1 Å². The summed E-state index contributed by atoms with van der Waals surface area (Å²) in [4.78, 5) is 12.4. The molecule has 0 aliphatic rings. The van der Waals surface area contributed by atoms with Crippen molar-refractivity contribution in [2.24, 2.45) is 0 Å². The lowest BCUT2D eigenvalue weighted by Gasteiger charge is -2.16. The van der Waals surface area contributed by atoms with Crippen molar-refractivity contribution < 1.29 is 19.0 Å². The first-order chi connectivity index (χ1) is 13.5. The van der Waals surface area contributed by atoms with Crippen LogP contribution in [0.4, 0.5) is 5.69 Å². The summed E-state index contributed by atoms with van der Waals surface area (Å²) in [5.74, 6) is 1.04. The molecule has 2 N–H and O–H groups in total. The first kappa shape index (κ1) is 21.7. The smallest absolute Gasteiger partial charge is 0.257 e. The van der Waals surface area contributed by atoms with Gasteiger partial charge in [-0.05, 0) is 69.4 Å². The van der Waals surface area contributed by atoms with Crippen LogP contribution in [0.3, 0.4) is 0 Å². The summed E-state index contributed by atoms with van der Waals surface area (Å²) in [5.41, 5.74) is 1.17. The van der Waals surface area contributed by atoms with Crippen molar-refractivity contribution in [2.75, 3.05) is 25.1 Å².